The Morgan fingerprint density at radius 3 is 2.76 bits per heavy atom. The summed E-state index contributed by atoms with van der Waals surface area (Å²) in [5.74, 6) is 0.550. The Kier molecular flexibility index (Phi) is 5.74. The molecule has 0 spiro atoms. The first-order valence-electron chi connectivity index (χ1n) is 6.51. The fraction of sp³-hybridized carbons (Fsp3) is 0.125. The molecule has 0 aliphatic carbocycles. The summed E-state index contributed by atoms with van der Waals surface area (Å²) < 4.78 is 6.49. The molecule has 108 valence electrons. The summed E-state index contributed by atoms with van der Waals surface area (Å²) in [4.78, 5) is 11.9. The second kappa shape index (κ2) is 7.78. The second-order valence-electron chi connectivity index (χ2n) is 4.21. The van der Waals surface area contributed by atoms with Crippen LogP contribution in [-0.4, -0.2) is 18.7 Å². The van der Waals surface area contributed by atoms with E-state index in [1.54, 1.807) is 18.3 Å². The van der Waals surface area contributed by atoms with Gasteiger partial charge in [-0.25, -0.2) is 5.43 Å². The van der Waals surface area contributed by atoms with Crippen molar-refractivity contribution >= 4 is 34.7 Å². The molecule has 0 fully saturated rings. The van der Waals surface area contributed by atoms with Crippen LogP contribution in [0.25, 0.3) is 0 Å². The van der Waals surface area contributed by atoms with Crippen LogP contribution in [0, 0.1) is 3.57 Å². The SMILES string of the molecule is CCOc1cccc(/C=N\NC(=O)c2ccc(I)cc2)c1. The zero-order valence-corrected chi connectivity index (χ0v) is 13.7. The third-order valence-corrected chi connectivity index (χ3v) is 3.37. The van der Waals surface area contributed by atoms with Gasteiger partial charge in [0.1, 0.15) is 5.75 Å². The highest BCUT2D eigenvalue weighted by molar-refractivity contribution is 14.1. The van der Waals surface area contributed by atoms with E-state index in [0.29, 0.717) is 12.2 Å². The lowest BCUT2D eigenvalue weighted by Gasteiger charge is -2.03. The maximum Gasteiger partial charge on any atom is 0.271 e. The van der Waals surface area contributed by atoms with Crippen LogP contribution < -0.4 is 10.2 Å². The lowest BCUT2D eigenvalue weighted by molar-refractivity contribution is 0.0955. The number of rotatable bonds is 5. The maximum atomic E-state index is 11.9. The van der Waals surface area contributed by atoms with Crippen molar-refractivity contribution < 1.29 is 9.53 Å². The normalized spacial score (nSPS) is 10.6. The lowest BCUT2D eigenvalue weighted by Crippen LogP contribution is -2.17. The molecule has 2 rings (SSSR count). The summed E-state index contributed by atoms with van der Waals surface area (Å²) in [6.07, 6.45) is 1.59. The number of halogens is 1. The molecule has 0 saturated carbocycles. The van der Waals surface area contributed by atoms with E-state index in [9.17, 15) is 4.79 Å². The number of carbonyl (C=O) groups excluding carboxylic acids is 1. The number of ether oxygens (including phenoxy) is 1. The Morgan fingerprint density at radius 2 is 2.05 bits per heavy atom. The molecule has 0 radical (unpaired) electrons. The molecule has 5 heteroatoms. The van der Waals surface area contributed by atoms with E-state index in [1.165, 1.54) is 0 Å². The Morgan fingerprint density at radius 1 is 1.29 bits per heavy atom. The van der Waals surface area contributed by atoms with Crippen molar-refractivity contribution in [2.45, 2.75) is 6.92 Å². The molecule has 0 atom stereocenters. The van der Waals surface area contributed by atoms with Crippen molar-refractivity contribution in [2.75, 3.05) is 6.61 Å². The highest BCUT2D eigenvalue weighted by Gasteiger charge is 2.02. The van der Waals surface area contributed by atoms with Gasteiger partial charge in [0.25, 0.3) is 5.91 Å². The van der Waals surface area contributed by atoms with Crippen LogP contribution in [0.3, 0.4) is 0 Å². The average Bonchev–Trinajstić information content (AvgIpc) is 2.48. The second-order valence-corrected chi connectivity index (χ2v) is 5.46. The monoisotopic (exact) mass is 394 g/mol. The van der Waals surface area contributed by atoms with Gasteiger partial charge in [-0.1, -0.05) is 12.1 Å². The minimum Gasteiger partial charge on any atom is -0.494 e. The third-order valence-electron chi connectivity index (χ3n) is 2.66. The molecule has 2 aromatic rings. The largest absolute Gasteiger partial charge is 0.494 e. The smallest absolute Gasteiger partial charge is 0.271 e. The molecule has 0 unspecified atom stereocenters. The molecule has 0 heterocycles. The average molecular weight is 394 g/mol. The number of carbonyl (C=O) groups is 1. The topological polar surface area (TPSA) is 50.7 Å². The summed E-state index contributed by atoms with van der Waals surface area (Å²) in [5, 5.41) is 3.96. The van der Waals surface area contributed by atoms with Gasteiger partial charge in [-0.15, -0.1) is 0 Å². The standard InChI is InChI=1S/C16H15IN2O2/c1-2-21-15-5-3-4-12(10-15)11-18-19-16(20)13-6-8-14(17)9-7-13/h3-11H,2H2,1H3,(H,19,20)/b18-11-. The Hall–Kier alpha value is -1.89. The first kappa shape index (κ1) is 15.5. The van der Waals surface area contributed by atoms with Crippen molar-refractivity contribution in [2.24, 2.45) is 5.10 Å². The Balaban J connectivity index is 1.97. The van der Waals surface area contributed by atoms with Crippen molar-refractivity contribution in [1.29, 1.82) is 0 Å². The molecule has 1 N–H and O–H groups in total. The van der Waals surface area contributed by atoms with E-state index in [1.807, 2.05) is 43.3 Å². The summed E-state index contributed by atoms with van der Waals surface area (Å²) in [7, 11) is 0. The van der Waals surface area contributed by atoms with Gasteiger partial charge in [0, 0.05) is 9.13 Å². The van der Waals surface area contributed by atoms with E-state index >= 15 is 0 Å². The van der Waals surface area contributed by atoms with Gasteiger partial charge in [0.15, 0.2) is 0 Å². The zero-order valence-electron chi connectivity index (χ0n) is 11.5. The van der Waals surface area contributed by atoms with Crippen molar-refractivity contribution in [3.05, 3.63) is 63.2 Å². The first-order valence-corrected chi connectivity index (χ1v) is 7.58. The molecule has 0 aliphatic heterocycles. The summed E-state index contributed by atoms with van der Waals surface area (Å²) in [5.41, 5.74) is 3.95. The summed E-state index contributed by atoms with van der Waals surface area (Å²) >= 11 is 2.19. The number of amides is 1. The predicted octanol–water partition coefficient (Wildman–Crippen LogP) is 3.45. The third kappa shape index (κ3) is 4.86. The van der Waals surface area contributed by atoms with E-state index in [2.05, 4.69) is 33.1 Å². The number of nitrogens with zero attached hydrogens (tertiary/aromatic N) is 1. The van der Waals surface area contributed by atoms with Crippen LogP contribution in [0.4, 0.5) is 0 Å². The van der Waals surface area contributed by atoms with Gasteiger partial charge in [-0.3, -0.25) is 4.79 Å². The minimum absolute atomic E-state index is 0.233. The lowest BCUT2D eigenvalue weighted by atomic mass is 10.2. The highest BCUT2D eigenvalue weighted by Crippen LogP contribution is 2.11. The van der Waals surface area contributed by atoms with Gasteiger partial charge in [0.05, 0.1) is 12.8 Å². The molecule has 0 bridgehead atoms. The zero-order chi connectivity index (χ0) is 15.1. The van der Waals surface area contributed by atoms with E-state index < -0.39 is 0 Å². The predicted molar refractivity (Wildman–Crippen MR) is 91.8 cm³/mol. The van der Waals surface area contributed by atoms with Gasteiger partial charge in [-0.2, -0.15) is 5.10 Å². The Bertz CT molecular complexity index is 639. The minimum atomic E-state index is -0.233. The van der Waals surface area contributed by atoms with E-state index in [0.717, 1.165) is 14.9 Å². The summed E-state index contributed by atoms with van der Waals surface area (Å²) in [6.45, 7) is 2.55. The fourth-order valence-corrected chi connectivity index (χ4v) is 2.04. The van der Waals surface area contributed by atoms with Crippen molar-refractivity contribution in [1.82, 2.24) is 5.43 Å². The van der Waals surface area contributed by atoms with Crippen LogP contribution in [0.2, 0.25) is 0 Å². The van der Waals surface area contributed by atoms with Crippen LogP contribution in [0.1, 0.15) is 22.8 Å². The van der Waals surface area contributed by atoms with Crippen molar-refractivity contribution in [3.8, 4) is 5.75 Å². The van der Waals surface area contributed by atoms with Crippen LogP contribution in [-0.2, 0) is 0 Å². The quantitative estimate of drug-likeness (QED) is 0.480. The molecule has 1 amide bonds. The fourth-order valence-electron chi connectivity index (χ4n) is 1.68. The van der Waals surface area contributed by atoms with Gasteiger partial charge >= 0.3 is 0 Å². The molecule has 0 saturated heterocycles. The number of benzene rings is 2. The number of hydrazone groups is 1. The van der Waals surface area contributed by atoms with Crippen LogP contribution >= 0.6 is 22.6 Å². The molecule has 0 aromatic heterocycles. The van der Waals surface area contributed by atoms with Gasteiger partial charge in [0.2, 0.25) is 0 Å². The molecule has 2 aromatic carbocycles. The molecule has 21 heavy (non-hydrogen) atoms. The summed E-state index contributed by atoms with van der Waals surface area (Å²) in [6, 6.07) is 14.8. The first-order chi connectivity index (χ1) is 10.2. The van der Waals surface area contributed by atoms with Crippen LogP contribution in [0.5, 0.6) is 5.75 Å². The Labute approximate surface area is 137 Å². The highest BCUT2D eigenvalue weighted by atomic mass is 127. The van der Waals surface area contributed by atoms with Crippen molar-refractivity contribution in [3.63, 3.8) is 0 Å². The molecular weight excluding hydrogens is 379 g/mol. The molecule has 0 aliphatic rings. The molecule has 4 nitrogen and oxygen atoms in total. The van der Waals surface area contributed by atoms with Gasteiger partial charge in [-0.05, 0) is 71.5 Å². The van der Waals surface area contributed by atoms with E-state index in [4.69, 9.17) is 4.74 Å². The van der Waals surface area contributed by atoms with E-state index in [-0.39, 0.29) is 5.91 Å². The van der Waals surface area contributed by atoms with Gasteiger partial charge < -0.3 is 4.74 Å². The molecular formula is C16H15IN2O2. The number of nitrogens with one attached hydrogen (secondary N) is 1. The number of hydrogen-bond acceptors (Lipinski definition) is 3. The van der Waals surface area contributed by atoms with Crippen LogP contribution in [0.15, 0.2) is 53.6 Å². The maximum absolute atomic E-state index is 11.9. The number of hydrogen-bond donors (Lipinski definition) is 1.